The first-order chi connectivity index (χ1) is 9.65. The van der Waals surface area contributed by atoms with Crippen molar-refractivity contribution >= 4 is 11.6 Å². The minimum absolute atomic E-state index is 0.0636. The summed E-state index contributed by atoms with van der Waals surface area (Å²) in [4.78, 5) is 11.8. The maximum Gasteiger partial charge on any atom is 0.251 e. The van der Waals surface area contributed by atoms with Crippen LogP contribution in [0.25, 0.3) is 0 Å². The molecule has 0 saturated carbocycles. The average molecular weight is 272 g/mol. The van der Waals surface area contributed by atoms with Gasteiger partial charge in [-0.05, 0) is 30.3 Å². The maximum absolute atomic E-state index is 11.8. The maximum atomic E-state index is 11.8. The van der Waals surface area contributed by atoms with E-state index in [0.717, 1.165) is 0 Å². The number of aromatic hydroxyl groups is 1. The molecule has 0 radical (unpaired) electrons. The van der Waals surface area contributed by atoms with E-state index >= 15 is 0 Å². The molecule has 0 aliphatic rings. The molecule has 20 heavy (non-hydrogen) atoms. The van der Waals surface area contributed by atoms with Gasteiger partial charge in [0.15, 0.2) is 0 Å². The minimum atomic E-state index is -0.253. The fourth-order valence-corrected chi connectivity index (χ4v) is 1.69. The van der Waals surface area contributed by atoms with Crippen LogP contribution in [0.3, 0.4) is 0 Å². The van der Waals surface area contributed by atoms with E-state index in [9.17, 15) is 9.90 Å². The van der Waals surface area contributed by atoms with Crippen LogP contribution >= 0.6 is 0 Å². The summed E-state index contributed by atoms with van der Waals surface area (Å²) in [6.07, 6.45) is 0. The topological polar surface area (TPSA) is 84.6 Å². The number of hydrogen-bond donors (Lipinski definition) is 3. The van der Waals surface area contributed by atoms with Crippen molar-refractivity contribution in [3.8, 4) is 11.5 Å². The molecule has 5 nitrogen and oxygen atoms in total. The van der Waals surface area contributed by atoms with Gasteiger partial charge in [0.2, 0.25) is 0 Å². The molecule has 0 bridgehead atoms. The quantitative estimate of drug-likeness (QED) is 0.572. The summed E-state index contributed by atoms with van der Waals surface area (Å²) in [5.41, 5.74) is 6.67. The Balaban J connectivity index is 1.77. The first-order valence-corrected chi connectivity index (χ1v) is 6.21. The molecule has 0 aliphatic carbocycles. The van der Waals surface area contributed by atoms with E-state index in [0.29, 0.717) is 30.2 Å². The number of ether oxygens (including phenoxy) is 1. The summed E-state index contributed by atoms with van der Waals surface area (Å²) in [7, 11) is 0. The molecule has 0 spiro atoms. The molecule has 104 valence electrons. The van der Waals surface area contributed by atoms with Crippen LogP contribution in [0.15, 0.2) is 48.5 Å². The Hall–Kier alpha value is -2.69. The lowest BCUT2D eigenvalue weighted by molar-refractivity contribution is 0.0946. The molecule has 0 unspecified atom stereocenters. The van der Waals surface area contributed by atoms with Crippen LogP contribution in [0.2, 0.25) is 0 Å². The van der Waals surface area contributed by atoms with Gasteiger partial charge in [0.05, 0.1) is 6.54 Å². The van der Waals surface area contributed by atoms with E-state index in [1.54, 1.807) is 36.4 Å². The Bertz CT molecular complexity index is 599. The molecule has 0 heterocycles. The lowest BCUT2D eigenvalue weighted by Crippen LogP contribution is -2.28. The molecule has 2 aromatic carbocycles. The molecule has 0 fully saturated rings. The summed E-state index contributed by atoms with van der Waals surface area (Å²) in [6.45, 7) is 0.706. The van der Waals surface area contributed by atoms with Gasteiger partial charge in [-0.1, -0.05) is 12.1 Å². The highest BCUT2D eigenvalue weighted by Crippen LogP contribution is 2.14. The lowest BCUT2D eigenvalue weighted by atomic mass is 10.2. The number of anilines is 1. The van der Waals surface area contributed by atoms with Gasteiger partial charge < -0.3 is 20.9 Å². The first kappa shape index (κ1) is 13.7. The van der Waals surface area contributed by atoms with E-state index in [1.165, 1.54) is 12.1 Å². The fraction of sp³-hybridized carbons (Fsp3) is 0.133. The summed E-state index contributed by atoms with van der Waals surface area (Å²) in [5, 5.41) is 12.0. The second-order valence-corrected chi connectivity index (χ2v) is 4.23. The summed E-state index contributed by atoms with van der Waals surface area (Å²) in [5.74, 6) is 0.474. The van der Waals surface area contributed by atoms with Crippen LogP contribution < -0.4 is 15.8 Å². The van der Waals surface area contributed by atoms with Crippen LogP contribution in [-0.2, 0) is 0 Å². The number of phenolic OH excluding ortho intramolecular Hbond substituents is 1. The van der Waals surface area contributed by atoms with Crippen molar-refractivity contribution in [2.45, 2.75) is 0 Å². The lowest BCUT2D eigenvalue weighted by Gasteiger charge is -2.08. The number of nitrogens with two attached hydrogens (primary N) is 1. The Morgan fingerprint density at radius 3 is 2.75 bits per heavy atom. The molecule has 2 rings (SSSR count). The standard InChI is InChI=1S/C15H16N2O3/c16-12-4-2-6-14(10-12)20-8-7-17-15(19)11-3-1-5-13(18)9-11/h1-6,9-10,18H,7-8,16H2,(H,17,19). The number of phenols is 1. The number of amides is 1. The predicted octanol–water partition coefficient (Wildman–Crippen LogP) is 1.78. The Morgan fingerprint density at radius 2 is 2.00 bits per heavy atom. The molecule has 0 aromatic heterocycles. The summed E-state index contributed by atoms with van der Waals surface area (Å²) in [6, 6.07) is 13.3. The van der Waals surface area contributed by atoms with E-state index in [2.05, 4.69) is 5.32 Å². The Labute approximate surface area is 117 Å². The number of hydrogen-bond acceptors (Lipinski definition) is 4. The zero-order chi connectivity index (χ0) is 14.4. The third-order valence-electron chi connectivity index (χ3n) is 2.62. The highest BCUT2D eigenvalue weighted by molar-refractivity contribution is 5.94. The molecule has 0 atom stereocenters. The summed E-state index contributed by atoms with van der Waals surface area (Å²) < 4.78 is 5.45. The normalized spacial score (nSPS) is 10.0. The van der Waals surface area contributed by atoms with Crippen LogP contribution in [0.1, 0.15) is 10.4 Å². The SMILES string of the molecule is Nc1cccc(OCCNC(=O)c2cccc(O)c2)c1. The van der Waals surface area contributed by atoms with E-state index in [-0.39, 0.29) is 11.7 Å². The van der Waals surface area contributed by atoms with Gasteiger partial charge in [-0.25, -0.2) is 0 Å². The van der Waals surface area contributed by atoms with Crippen LogP contribution in [-0.4, -0.2) is 24.2 Å². The predicted molar refractivity (Wildman–Crippen MR) is 76.8 cm³/mol. The third-order valence-corrected chi connectivity index (χ3v) is 2.62. The van der Waals surface area contributed by atoms with E-state index in [4.69, 9.17) is 10.5 Å². The minimum Gasteiger partial charge on any atom is -0.508 e. The van der Waals surface area contributed by atoms with Crippen LogP contribution in [0.5, 0.6) is 11.5 Å². The van der Waals surface area contributed by atoms with Crippen molar-refractivity contribution in [2.24, 2.45) is 0 Å². The fourth-order valence-electron chi connectivity index (χ4n) is 1.69. The number of benzene rings is 2. The molecular formula is C15H16N2O3. The molecule has 0 saturated heterocycles. The zero-order valence-corrected chi connectivity index (χ0v) is 10.9. The molecular weight excluding hydrogens is 256 g/mol. The van der Waals surface area contributed by atoms with Crippen LogP contribution in [0.4, 0.5) is 5.69 Å². The van der Waals surface area contributed by atoms with Gasteiger partial charge in [-0.2, -0.15) is 0 Å². The largest absolute Gasteiger partial charge is 0.508 e. The molecule has 4 N–H and O–H groups in total. The van der Waals surface area contributed by atoms with Crippen LogP contribution in [0, 0.1) is 0 Å². The third kappa shape index (κ3) is 3.91. The molecule has 5 heteroatoms. The van der Waals surface area contributed by atoms with Crippen molar-refractivity contribution in [3.63, 3.8) is 0 Å². The zero-order valence-electron chi connectivity index (χ0n) is 10.9. The number of carbonyl (C=O) groups is 1. The van der Waals surface area contributed by atoms with Gasteiger partial charge in [0.1, 0.15) is 18.1 Å². The highest BCUT2D eigenvalue weighted by Gasteiger charge is 2.05. The number of nitrogen functional groups attached to an aromatic ring is 1. The monoisotopic (exact) mass is 272 g/mol. The molecule has 2 aromatic rings. The van der Waals surface area contributed by atoms with Gasteiger partial charge in [0, 0.05) is 17.3 Å². The van der Waals surface area contributed by atoms with Gasteiger partial charge in [-0.3, -0.25) is 4.79 Å². The Morgan fingerprint density at radius 1 is 1.20 bits per heavy atom. The van der Waals surface area contributed by atoms with Crippen molar-refractivity contribution in [3.05, 3.63) is 54.1 Å². The average Bonchev–Trinajstić information content (AvgIpc) is 2.43. The van der Waals surface area contributed by atoms with Gasteiger partial charge in [-0.15, -0.1) is 0 Å². The van der Waals surface area contributed by atoms with E-state index in [1.807, 2.05) is 0 Å². The second-order valence-electron chi connectivity index (χ2n) is 4.23. The Kier molecular flexibility index (Phi) is 4.44. The number of carbonyl (C=O) groups excluding carboxylic acids is 1. The van der Waals surface area contributed by atoms with Crippen molar-refractivity contribution in [1.29, 1.82) is 0 Å². The van der Waals surface area contributed by atoms with Gasteiger partial charge in [0.25, 0.3) is 5.91 Å². The number of rotatable bonds is 5. The molecule has 0 aliphatic heterocycles. The first-order valence-electron chi connectivity index (χ1n) is 6.21. The number of nitrogens with one attached hydrogen (secondary N) is 1. The van der Waals surface area contributed by atoms with Crippen molar-refractivity contribution < 1.29 is 14.6 Å². The van der Waals surface area contributed by atoms with Gasteiger partial charge >= 0.3 is 0 Å². The molecule has 1 amide bonds. The van der Waals surface area contributed by atoms with Crippen molar-refractivity contribution in [2.75, 3.05) is 18.9 Å². The summed E-state index contributed by atoms with van der Waals surface area (Å²) >= 11 is 0. The van der Waals surface area contributed by atoms with E-state index < -0.39 is 0 Å². The highest BCUT2D eigenvalue weighted by atomic mass is 16.5. The van der Waals surface area contributed by atoms with Crippen molar-refractivity contribution in [1.82, 2.24) is 5.32 Å². The second kappa shape index (κ2) is 6.47. The smallest absolute Gasteiger partial charge is 0.251 e.